The van der Waals surface area contributed by atoms with Crippen LogP contribution in [-0.4, -0.2) is 81.9 Å². The zero-order valence-corrected chi connectivity index (χ0v) is 42.4. The zero-order chi connectivity index (χ0) is 49.8. The number of carbonyl (C=O) groups is 4. The molecule has 2 aromatic carbocycles. The molecule has 0 bridgehead atoms. The molecule has 4 aliphatic rings. The smallest absolute Gasteiger partial charge is 0.341 e. The van der Waals surface area contributed by atoms with Gasteiger partial charge < -0.3 is 39.4 Å². The Kier molecular flexibility index (Phi) is 20.2. The van der Waals surface area contributed by atoms with Crippen LogP contribution in [0.1, 0.15) is 168 Å². The maximum atomic E-state index is 12.8. The van der Waals surface area contributed by atoms with E-state index in [9.17, 15) is 29.4 Å². The number of carboxylic acid groups (broad SMARTS) is 2. The molecule has 2 saturated carbocycles. The van der Waals surface area contributed by atoms with E-state index in [-0.39, 0.29) is 61.4 Å². The second-order valence-corrected chi connectivity index (χ2v) is 22.5. The van der Waals surface area contributed by atoms with E-state index < -0.39 is 22.8 Å². The molecule has 12 heteroatoms. The monoisotopic (exact) mass is 949 g/mol. The van der Waals surface area contributed by atoms with E-state index in [0.717, 1.165) is 127 Å². The second kappa shape index (κ2) is 25.1. The molecule has 2 fully saturated rings. The van der Waals surface area contributed by atoms with Crippen molar-refractivity contribution in [1.82, 2.24) is 0 Å². The SMILES string of the molecule is CCCCC[C@@H](CC[C@@H]1[C@H]2Cc3cccc(OCC(=O)O)c3C[C@H]2C[C@H]1O)OC(=O)C(C)(C)C.CCCCC[C@H](O)CC[C@@H]1[C@H]2Cc3cccc(OCC(=O)O)c3C[C@H]2C[C@H]1OC(=O)C(C)(C)C. The number of benzene rings is 2. The van der Waals surface area contributed by atoms with Gasteiger partial charge in [0.15, 0.2) is 13.2 Å². The largest absolute Gasteiger partial charge is 0.482 e. The summed E-state index contributed by atoms with van der Waals surface area (Å²) in [6.45, 7) is 14.9. The van der Waals surface area contributed by atoms with Gasteiger partial charge in [-0.3, -0.25) is 9.59 Å². The van der Waals surface area contributed by atoms with Crippen LogP contribution in [0.5, 0.6) is 11.5 Å². The number of hydrogen-bond donors (Lipinski definition) is 4. The first kappa shape index (κ1) is 54.8. The molecule has 0 aliphatic heterocycles. The van der Waals surface area contributed by atoms with E-state index in [1.165, 1.54) is 11.1 Å². The predicted octanol–water partition coefficient (Wildman–Crippen LogP) is 10.4. The average molecular weight is 949 g/mol. The molecular formula is C56H84O12. The number of carbonyl (C=O) groups excluding carboxylic acids is 2. The lowest BCUT2D eigenvalue weighted by molar-refractivity contribution is -0.161. The Hall–Kier alpha value is -4.16. The summed E-state index contributed by atoms with van der Waals surface area (Å²) in [5, 5.41) is 39.5. The topological polar surface area (TPSA) is 186 Å². The third-order valence-electron chi connectivity index (χ3n) is 15.1. The van der Waals surface area contributed by atoms with Gasteiger partial charge in [0, 0.05) is 0 Å². The molecule has 0 amide bonds. The van der Waals surface area contributed by atoms with E-state index in [1.807, 2.05) is 65.8 Å². The Morgan fingerprint density at radius 3 is 1.65 bits per heavy atom. The minimum Gasteiger partial charge on any atom is -0.482 e. The predicted molar refractivity (Wildman–Crippen MR) is 262 cm³/mol. The summed E-state index contributed by atoms with van der Waals surface area (Å²) < 4.78 is 23.1. The van der Waals surface area contributed by atoms with Gasteiger partial charge in [-0.05, 0) is 195 Å². The van der Waals surface area contributed by atoms with Gasteiger partial charge in [0.2, 0.25) is 0 Å². The van der Waals surface area contributed by atoms with Crippen molar-refractivity contribution in [2.24, 2.45) is 46.3 Å². The molecule has 380 valence electrons. The molecule has 68 heavy (non-hydrogen) atoms. The number of unbranched alkanes of at least 4 members (excludes halogenated alkanes) is 4. The van der Waals surface area contributed by atoms with Gasteiger partial charge in [0.1, 0.15) is 23.7 Å². The minimum atomic E-state index is -0.987. The molecule has 0 unspecified atom stereocenters. The summed E-state index contributed by atoms with van der Waals surface area (Å²) in [7, 11) is 0. The number of aliphatic hydroxyl groups excluding tert-OH is 2. The first-order valence-corrected chi connectivity index (χ1v) is 25.9. The van der Waals surface area contributed by atoms with Crippen LogP contribution in [0.2, 0.25) is 0 Å². The summed E-state index contributed by atoms with van der Waals surface area (Å²) in [4.78, 5) is 47.3. The average Bonchev–Trinajstić information content (AvgIpc) is 3.77. The highest BCUT2D eigenvalue weighted by atomic mass is 16.6. The lowest BCUT2D eigenvalue weighted by Crippen LogP contribution is -2.33. The Labute approximate surface area is 406 Å². The highest BCUT2D eigenvalue weighted by molar-refractivity contribution is 5.76. The van der Waals surface area contributed by atoms with Gasteiger partial charge in [-0.25, -0.2) is 9.59 Å². The van der Waals surface area contributed by atoms with Gasteiger partial charge >= 0.3 is 23.9 Å². The van der Waals surface area contributed by atoms with Crippen LogP contribution < -0.4 is 9.47 Å². The molecule has 4 N–H and O–H groups in total. The lowest BCUT2D eigenvalue weighted by Gasteiger charge is -2.33. The minimum absolute atomic E-state index is 0.101. The number of hydrogen-bond acceptors (Lipinski definition) is 10. The van der Waals surface area contributed by atoms with Crippen LogP contribution in [0.4, 0.5) is 0 Å². The molecule has 6 rings (SSSR count). The fourth-order valence-electron chi connectivity index (χ4n) is 11.3. The van der Waals surface area contributed by atoms with Crippen molar-refractivity contribution in [2.75, 3.05) is 13.2 Å². The number of fused-ring (bicyclic) bond motifs is 4. The standard InChI is InChI=1S/2C28H42O6/c1-5-6-7-10-20(34-27(32)28(2,3)4)12-13-21-22-14-18-9-8-11-25(33-17-26(30)31)23(18)15-19(22)16-24(21)29;1-5-6-7-10-20(29)12-13-21-22-14-18-9-8-11-24(33-17-26(30)31)23(18)15-19(22)16-25(21)34-27(32)28(2,3)4/h8-9,11,19-22,24,29H,5-7,10,12-17H2,1-4H3,(H,30,31);8-9,11,19-22,25,29H,5-7,10,12-17H2,1-4H3,(H,30,31)/t19-,20-,21+,22-,24+;19-,20-,21+,22-,25+/m00/s1. The van der Waals surface area contributed by atoms with Crippen molar-refractivity contribution in [1.29, 1.82) is 0 Å². The summed E-state index contributed by atoms with van der Waals surface area (Å²) in [5.41, 5.74) is 3.50. The molecule has 10 atom stereocenters. The summed E-state index contributed by atoms with van der Waals surface area (Å²) in [6.07, 6.45) is 15.5. The second-order valence-electron chi connectivity index (χ2n) is 22.5. The van der Waals surface area contributed by atoms with Crippen LogP contribution >= 0.6 is 0 Å². The van der Waals surface area contributed by atoms with Gasteiger partial charge in [0.05, 0.1) is 23.0 Å². The van der Waals surface area contributed by atoms with Gasteiger partial charge in [0.25, 0.3) is 0 Å². The Bertz CT molecular complexity index is 1960. The maximum Gasteiger partial charge on any atom is 0.341 e. The normalized spacial score (nSPS) is 24.7. The molecule has 0 saturated heterocycles. The molecule has 4 aliphatic carbocycles. The van der Waals surface area contributed by atoms with Crippen LogP contribution in [0, 0.1) is 46.3 Å². The number of aliphatic hydroxyl groups is 2. The number of ether oxygens (including phenoxy) is 4. The van der Waals surface area contributed by atoms with Crippen molar-refractivity contribution in [3.05, 3.63) is 58.7 Å². The van der Waals surface area contributed by atoms with Crippen LogP contribution in [-0.2, 0) is 54.3 Å². The van der Waals surface area contributed by atoms with E-state index in [1.54, 1.807) is 0 Å². The maximum absolute atomic E-state index is 12.8. The van der Waals surface area contributed by atoms with Gasteiger partial charge in [-0.1, -0.05) is 70.2 Å². The molecular weight excluding hydrogens is 865 g/mol. The highest BCUT2D eigenvalue weighted by Crippen LogP contribution is 2.51. The van der Waals surface area contributed by atoms with Crippen molar-refractivity contribution in [3.63, 3.8) is 0 Å². The number of rotatable bonds is 22. The van der Waals surface area contributed by atoms with Crippen molar-refractivity contribution in [3.8, 4) is 11.5 Å². The zero-order valence-electron chi connectivity index (χ0n) is 42.4. The first-order valence-electron chi connectivity index (χ1n) is 25.9. The highest BCUT2D eigenvalue weighted by Gasteiger charge is 2.48. The Morgan fingerprint density at radius 1 is 0.632 bits per heavy atom. The van der Waals surface area contributed by atoms with E-state index >= 15 is 0 Å². The van der Waals surface area contributed by atoms with E-state index in [4.69, 9.17) is 29.2 Å². The Balaban J connectivity index is 0.000000254. The van der Waals surface area contributed by atoms with Crippen LogP contribution in [0.3, 0.4) is 0 Å². The fourth-order valence-corrected chi connectivity index (χ4v) is 11.3. The summed E-state index contributed by atoms with van der Waals surface area (Å²) in [6, 6.07) is 11.7. The first-order chi connectivity index (χ1) is 32.2. The summed E-state index contributed by atoms with van der Waals surface area (Å²) >= 11 is 0. The van der Waals surface area contributed by atoms with Crippen LogP contribution in [0.15, 0.2) is 36.4 Å². The molecule has 0 aromatic heterocycles. The van der Waals surface area contributed by atoms with E-state index in [0.29, 0.717) is 35.2 Å². The van der Waals surface area contributed by atoms with Crippen molar-refractivity contribution >= 4 is 23.9 Å². The molecule has 0 spiro atoms. The third kappa shape index (κ3) is 15.4. The molecule has 2 aromatic rings. The summed E-state index contributed by atoms with van der Waals surface area (Å²) in [5.74, 6) is 0.874. The van der Waals surface area contributed by atoms with Crippen molar-refractivity contribution in [2.45, 2.75) is 195 Å². The fraction of sp³-hybridized carbons (Fsp3) is 0.714. The molecule has 0 heterocycles. The molecule has 12 nitrogen and oxygen atoms in total. The van der Waals surface area contributed by atoms with Gasteiger partial charge in [-0.15, -0.1) is 0 Å². The number of carboxylic acids is 2. The quantitative estimate of drug-likeness (QED) is 0.0648. The van der Waals surface area contributed by atoms with E-state index in [2.05, 4.69) is 26.0 Å². The number of esters is 2. The van der Waals surface area contributed by atoms with Crippen molar-refractivity contribution < 1.29 is 58.6 Å². The Morgan fingerprint density at radius 2 is 1.13 bits per heavy atom. The third-order valence-corrected chi connectivity index (χ3v) is 15.1. The lowest BCUT2D eigenvalue weighted by atomic mass is 9.73. The molecule has 0 radical (unpaired) electrons. The van der Waals surface area contributed by atoms with Crippen LogP contribution in [0.25, 0.3) is 0 Å². The van der Waals surface area contributed by atoms with Gasteiger partial charge in [-0.2, -0.15) is 0 Å². The number of aliphatic carboxylic acids is 2.